The highest BCUT2D eigenvalue weighted by molar-refractivity contribution is 5.09. The predicted molar refractivity (Wildman–Crippen MR) is 69.9 cm³/mol. The van der Waals surface area contributed by atoms with E-state index in [-0.39, 0.29) is 0 Å². The maximum absolute atomic E-state index is 4.43. The van der Waals surface area contributed by atoms with E-state index in [1.54, 1.807) is 0 Å². The van der Waals surface area contributed by atoms with Crippen LogP contribution in [0.4, 0.5) is 0 Å². The Morgan fingerprint density at radius 3 is 3.12 bits per heavy atom. The molecule has 4 nitrogen and oxygen atoms in total. The Morgan fingerprint density at radius 1 is 1.59 bits per heavy atom. The van der Waals surface area contributed by atoms with Crippen molar-refractivity contribution >= 4 is 0 Å². The molecular formula is C13H22N4. The Morgan fingerprint density at radius 2 is 2.47 bits per heavy atom. The minimum Gasteiger partial charge on any atom is -0.312 e. The fraction of sp³-hybridized carbons (Fsp3) is 0.615. The first-order chi connectivity index (χ1) is 8.29. The standard InChI is InChI=1S/C13H22N4/c1-14-13(12-5-3-4-6-16-12)9-11-10-17(2)8-7-15-11/h3-6,11,13-15H,7-10H2,1-2H3. The molecule has 0 aromatic carbocycles. The van der Waals surface area contributed by atoms with Gasteiger partial charge in [-0.15, -0.1) is 0 Å². The van der Waals surface area contributed by atoms with Gasteiger partial charge >= 0.3 is 0 Å². The Balaban J connectivity index is 1.95. The van der Waals surface area contributed by atoms with Gasteiger partial charge in [-0.3, -0.25) is 4.98 Å². The van der Waals surface area contributed by atoms with Crippen molar-refractivity contribution in [2.75, 3.05) is 33.7 Å². The van der Waals surface area contributed by atoms with Crippen molar-refractivity contribution in [2.24, 2.45) is 0 Å². The zero-order chi connectivity index (χ0) is 12.1. The van der Waals surface area contributed by atoms with E-state index in [1.807, 2.05) is 25.4 Å². The zero-order valence-corrected chi connectivity index (χ0v) is 10.7. The van der Waals surface area contributed by atoms with Crippen LogP contribution >= 0.6 is 0 Å². The summed E-state index contributed by atoms with van der Waals surface area (Å²) in [7, 11) is 4.19. The summed E-state index contributed by atoms with van der Waals surface area (Å²) in [4.78, 5) is 6.81. The largest absolute Gasteiger partial charge is 0.312 e. The molecule has 0 radical (unpaired) electrons. The molecule has 94 valence electrons. The molecule has 1 aliphatic rings. The Hall–Kier alpha value is -0.970. The normalized spacial score (nSPS) is 23.5. The summed E-state index contributed by atoms with van der Waals surface area (Å²) in [6, 6.07) is 6.98. The van der Waals surface area contributed by atoms with E-state index < -0.39 is 0 Å². The highest BCUT2D eigenvalue weighted by Crippen LogP contribution is 2.16. The van der Waals surface area contributed by atoms with E-state index in [0.29, 0.717) is 12.1 Å². The van der Waals surface area contributed by atoms with Crippen LogP contribution < -0.4 is 10.6 Å². The molecule has 1 aliphatic heterocycles. The number of hydrogen-bond acceptors (Lipinski definition) is 4. The third kappa shape index (κ3) is 3.49. The maximum Gasteiger partial charge on any atom is 0.0573 e. The number of rotatable bonds is 4. The minimum absolute atomic E-state index is 0.334. The number of nitrogens with zero attached hydrogens (tertiary/aromatic N) is 2. The number of piperazine rings is 1. The fourth-order valence-electron chi connectivity index (χ4n) is 2.40. The first-order valence-electron chi connectivity index (χ1n) is 6.29. The maximum atomic E-state index is 4.43. The molecule has 2 N–H and O–H groups in total. The number of nitrogens with one attached hydrogen (secondary N) is 2. The molecule has 2 heterocycles. The van der Waals surface area contributed by atoms with Gasteiger partial charge in [-0.2, -0.15) is 0 Å². The lowest BCUT2D eigenvalue weighted by atomic mass is 10.0. The number of aromatic nitrogens is 1. The van der Waals surface area contributed by atoms with Crippen molar-refractivity contribution in [3.63, 3.8) is 0 Å². The van der Waals surface area contributed by atoms with Gasteiger partial charge in [-0.25, -0.2) is 0 Å². The summed E-state index contributed by atoms with van der Waals surface area (Å²) >= 11 is 0. The SMILES string of the molecule is CNC(CC1CN(C)CCN1)c1ccccn1. The van der Waals surface area contributed by atoms with E-state index >= 15 is 0 Å². The quantitative estimate of drug-likeness (QED) is 0.802. The molecule has 0 saturated carbocycles. The molecule has 0 amide bonds. The van der Waals surface area contributed by atoms with Crippen molar-refractivity contribution < 1.29 is 0 Å². The molecular weight excluding hydrogens is 212 g/mol. The summed E-state index contributed by atoms with van der Waals surface area (Å²) in [5.74, 6) is 0. The second-order valence-corrected chi connectivity index (χ2v) is 4.74. The third-order valence-electron chi connectivity index (χ3n) is 3.37. The van der Waals surface area contributed by atoms with Gasteiger partial charge in [0.2, 0.25) is 0 Å². The van der Waals surface area contributed by atoms with Crippen molar-refractivity contribution in [2.45, 2.75) is 18.5 Å². The van der Waals surface area contributed by atoms with Gasteiger partial charge < -0.3 is 15.5 Å². The third-order valence-corrected chi connectivity index (χ3v) is 3.37. The van der Waals surface area contributed by atoms with Gasteiger partial charge in [0.05, 0.1) is 11.7 Å². The zero-order valence-electron chi connectivity index (χ0n) is 10.7. The molecule has 0 bridgehead atoms. The molecule has 0 aliphatic carbocycles. The lowest BCUT2D eigenvalue weighted by molar-refractivity contribution is 0.221. The van der Waals surface area contributed by atoms with Crippen molar-refractivity contribution in [3.8, 4) is 0 Å². The van der Waals surface area contributed by atoms with Crippen LogP contribution in [0.15, 0.2) is 24.4 Å². The second-order valence-electron chi connectivity index (χ2n) is 4.74. The summed E-state index contributed by atoms with van der Waals surface area (Å²) in [5.41, 5.74) is 1.13. The molecule has 1 aromatic rings. The van der Waals surface area contributed by atoms with Crippen LogP contribution in [0.1, 0.15) is 18.2 Å². The highest BCUT2D eigenvalue weighted by Gasteiger charge is 2.21. The van der Waals surface area contributed by atoms with Crippen LogP contribution in [0.5, 0.6) is 0 Å². The lowest BCUT2D eigenvalue weighted by Gasteiger charge is -2.33. The van der Waals surface area contributed by atoms with Crippen LogP contribution in [-0.4, -0.2) is 49.7 Å². The monoisotopic (exact) mass is 234 g/mol. The van der Waals surface area contributed by atoms with Crippen molar-refractivity contribution in [1.82, 2.24) is 20.5 Å². The smallest absolute Gasteiger partial charge is 0.0573 e. The number of hydrogen-bond donors (Lipinski definition) is 2. The van der Waals surface area contributed by atoms with Gasteiger partial charge in [0.25, 0.3) is 0 Å². The Labute approximate surface area is 103 Å². The molecule has 1 fully saturated rings. The molecule has 4 heteroatoms. The topological polar surface area (TPSA) is 40.2 Å². The summed E-state index contributed by atoms with van der Waals surface area (Å²) in [6.07, 6.45) is 2.94. The molecule has 0 spiro atoms. The average Bonchev–Trinajstić information content (AvgIpc) is 2.37. The minimum atomic E-state index is 0.334. The first kappa shape index (κ1) is 12.5. The van der Waals surface area contributed by atoms with Crippen LogP contribution in [0.25, 0.3) is 0 Å². The van der Waals surface area contributed by atoms with Gasteiger partial charge in [0.1, 0.15) is 0 Å². The van der Waals surface area contributed by atoms with E-state index in [4.69, 9.17) is 0 Å². The summed E-state index contributed by atoms with van der Waals surface area (Å²) in [5, 5.41) is 6.93. The van der Waals surface area contributed by atoms with Crippen molar-refractivity contribution in [1.29, 1.82) is 0 Å². The van der Waals surface area contributed by atoms with E-state index in [1.165, 1.54) is 0 Å². The molecule has 2 rings (SSSR count). The number of likely N-dealkylation sites (N-methyl/N-ethyl adjacent to an activating group) is 1. The lowest BCUT2D eigenvalue weighted by Crippen LogP contribution is -2.50. The molecule has 2 atom stereocenters. The molecule has 1 aromatic heterocycles. The molecule has 2 unspecified atom stereocenters. The summed E-state index contributed by atoms with van der Waals surface area (Å²) < 4.78 is 0. The van der Waals surface area contributed by atoms with Gasteiger partial charge in [0, 0.05) is 31.9 Å². The van der Waals surface area contributed by atoms with Gasteiger partial charge in [-0.1, -0.05) is 6.07 Å². The van der Waals surface area contributed by atoms with Crippen molar-refractivity contribution in [3.05, 3.63) is 30.1 Å². The van der Waals surface area contributed by atoms with E-state index in [2.05, 4.69) is 33.6 Å². The second kappa shape index (κ2) is 6.10. The van der Waals surface area contributed by atoms with E-state index in [0.717, 1.165) is 31.7 Å². The first-order valence-corrected chi connectivity index (χ1v) is 6.29. The molecule has 17 heavy (non-hydrogen) atoms. The highest BCUT2D eigenvalue weighted by atomic mass is 15.2. The van der Waals surface area contributed by atoms with Crippen LogP contribution in [0, 0.1) is 0 Å². The van der Waals surface area contributed by atoms with Gasteiger partial charge in [0.15, 0.2) is 0 Å². The fourth-order valence-corrected chi connectivity index (χ4v) is 2.40. The van der Waals surface area contributed by atoms with E-state index in [9.17, 15) is 0 Å². The Bertz CT molecular complexity index is 327. The summed E-state index contributed by atoms with van der Waals surface area (Å²) in [6.45, 7) is 3.34. The predicted octanol–water partition coefficient (Wildman–Crippen LogP) is 0.636. The average molecular weight is 234 g/mol. The van der Waals surface area contributed by atoms with Crippen LogP contribution in [0.3, 0.4) is 0 Å². The Kier molecular flexibility index (Phi) is 4.48. The van der Waals surface area contributed by atoms with Crippen LogP contribution in [-0.2, 0) is 0 Å². The van der Waals surface area contributed by atoms with Crippen LogP contribution in [0.2, 0.25) is 0 Å². The van der Waals surface area contributed by atoms with Gasteiger partial charge in [-0.05, 0) is 32.6 Å². The molecule has 1 saturated heterocycles. The number of pyridine rings is 1.